The second-order valence-corrected chi connectivity index (χ2v) is 9.13. The Hall–Kier alpha value is -2.28. The number of ether oxygens (including phenoxy) is 4. The van der Waals surface area contributed by atoms with E-state index in [1.165, 1.54) is 7.11 Å². The standard InChI is InChI=1S/C23H32O7/c1-13(2)16-8-6-14(3)10-19(16)30-22(26)28-15-7-9-18-17(11-15)23(4,21(25)29-18)12-20(24)27-5/h7,9,11,13-14,16,19,21,25H,6,8,10,12H2,1-5H3/t14-,16+,19-,21?,23?/m1/s1. The average Bonchev–Trinajstić information content (AvgIpc) is 2.91. The van der Waals surface area contributed by atoms with E-state index in [2.05, 4.69) is 20.8 Å². The van der Waals surface area contributed by atoms with Crippen molar-refractivity contribution in [2.75, 3.05) is 7.11 Å². The van der Waals surface area contributed by atoms with E-state index in [1.54, 1.807) is 25.1 Å². The minimum Gasteiger partial charge on any atom is -0.469 e. The van der Waals surface area contributed by atoms with E-state index in [0.29, 0.717) is 29.1 Å². The summed E-state index contributed by atoms with van der Waals surface area (Å²) in [7, 11) is 1.29. The lowest BCUT2D eigenvalue weighted by molar-refractivity contribution is -0.145. The van der Waals surface area contributed by atoms with Gasteiger partial charge in [0, 0.05) is 5.56 Å². The van der Waals surface area contributed by atoms with E-state index in [4.69, 9.17) is 18.9 Å². The highest BCUT2D eigenvalue weighted by molar-refractivity contribution is 5.72. The van der Waals surface area contributed by atoms with Crippen LogP contribution in [0, 0.1) is 17.8 Å². The summed E-state index contributed by atoms with van der Waals surface area (Å²) in [6.07, 6.45) is 0.838. The van der Waals surface area contributed by atoms with E-state index >= 15 is 0 Å². The molecular formula is C23H32O7. The van der Waals surface area contributed by atoms with Crippen LogP contribution >= 0.6 is 0 Å². The van der Waals surface area contributed by atoms with Crippen molar-refractivity contribution in [1.29, 1.82) is 0 Å². The zero-order valence-electron chi connectivity index (χ0n) is 18.3. The number of esters is 1. The number of benzene rings is 1. The molecular weight excluding hydrogens is 388 g/mol. The molecule has 1 saturated carbocycles. The summed E-state index contributed by atoms with van der Waals surface area (Å²) in [6, 6.07) is 4.81. The number of methoxy groups -OCH3 is 1. The fourth-order valence-electron chi connectivity index (χ4n) is 4.55. The highest BCUT2D eigenvalue weighted by Crippen LogP contribution is 2.46. The number of carbonyl (C=O) groups excluding carboxylic acids is 2. The average molecular weight is 421 g/mol. The summed E-state index contributed by atoms with van der Waals surface area (Å²) in [5.41, 5.74) is -0.426. The number of aliphatic hydroxyl groups excluding tert-OH is 1. The molecule has 5 atom stereocenters. The van der Waals surface area contributed by atoms with Crippen molar-refractivity contribution >= 4 is 12.1 Å². The van der Waals surface area contributed by atoms with Gasteiger partial charge in [-0.3, -0.25) is 4.79 Å². The van der Waals surface area contributed by atoms with E-state index in [1.807, 2.05) is 0 Å². The van der Waals surface area contributed by atoms with Crippen LogP contribution in [0.2, 0.25) is 0 Å². The number of aliphatic hydroxyl groups is 1. The quantitative estimate of drug-likeness (QED) is 0.564. The maximum absolute atomic E-state index is 12.5. The first-order valence-electron chi connectivity index (χ1n) is 10.6. The zero-order chi connectivity index (χ0) is 22.1. The van der Waals surface area contributed by atoms with Crippen LogP contribution in [-0.2, 0) is 19.7 Å². The normalized spacial score (nSPS) is 30.4. The first-order valence-corrected chi connectivity index (χ1v) is 10.6. The molecule has 1 aliphatic heterocycles. The molecule has 0 amide bonds. The van der Waals surface area contributed by atoms with Crippen LogP contribution in [0.3, 0.4) is 0 Å². The number of rotatable bonds is 5. The van der Waals surface area contributed by atoms with Crippen molar-refractivity contribution in [3.05, 3.63) is 23.8 Å². The van der Waals surface area contributed by atoms with Gasteiger partial charge in [0.15, 0.2) is 0 Å². The molecule has 7 nitrogen and oxygen atoms in total. The Morgan fingerprint density at radius 2 is 2.03 bits per heavy atom. The molecule has 0 aromatic heterocycles. The molecule has 1 aliphatic carbocycles. The Bertz CT molecular complexity index is 790. The molecule has 166 valence electrons. The summed E-state index contributed by atoms with van der Waals surface area (Å²) >= 11 is 0. The van der Waals surface area contributed by atoms with Gasteiger partial charge < -0.3 is 24.1 Å². The molecule has 2 unspecified atom stereocenters. The topological polar surface area (TPSA) is 91.3 Å². The maximum atomic E-state index is 12.5. The molecule has 0 radical (unpaired) electrons. The van der Waals surface area contributed by atoms with Gasteiger partial charge in [-0.2, -0.15) is 0 Å². The highest BCUT2D eigenvalue weighted by Gasteiger charge is 2.47. The Morgan fingerprint density at radius 1 is 1.30 bits per heavy atom. The monoisotopic (exact) mass is 420 g/mol. The van der Waals surface area contributed by atoms with Crippen molar-refractivity contribution < 1.29 is 33.6 Å². The lowest BCUT2D eigenvalue weighted by Gasteiger charge is -2.36. The van der Waals surface area contributed by atoms with Gasteiger partial charge >= 0.3 is 12.1 Å². The second-order valence-electron chi connectivity index (χ2n) is 9.13. The molecule has 0 bridgehead atoms. The summed E-state index contributed by atoms with van der Waals surface area (Å²) in [6.45, 7) is 8.18. The van der Waals surface area contributed by atoms with E-state index < -0.39 is 23.8 Å². The molecule has 1 fully saturated rings. The van der Waals surface area contributed by atoms with Gasteiger partial charge in [0.25, 0.3) is 0 Å². The fraction of sp³-hybridized carbons (Fsp3) is 0.652. The minimum absolute atomic E-state index is 0.0679. The van der Waals surface area contributed by atoms with Gasteiger partial charge in [-0.05, 0) is 55.7 Å². The predicted octanol–water partition coefficient (Wildman–Crippen LogP) is 4.19. The number of hydrogen-bond donors (Lipinski definition) is 1. The van der Waals surface area contributed by atoms with Crippen LogP contribution < -0.4 is 9.47 Å². The third-order valence-electron chi connectivity index (χ3n) is 6.50. The van der Waals surface area contributed by atoms with Gasteiger partial charge in [-0.25, -0.2) is 4.79 Å². The lowest BCUT2D eigenvalue weighted by atomic mass is 9.75. The van der Waals surface area contributed by atoms with Crippen molar-refractivity contribution in [2.24, 2.45) is 17.8 Å². The second kappa shape index (κ2) is 8.84. The van der Waals surface area contributed by atoms with Crippen molar-refractivity contribution in [1.82, 2.24) is 0 Å². The SMILES string of the molecule is COC(=O)CC1(C)c2cc(OC(=O)O[C@@H]3C[C@H](C)CC[C@H]3C(C)C)ccc2OC1O. The van der Waals surface area contributed by atoms with E-state index in [9.17, 15) is 14.7 Å². The first-order chi connectivity index (χ1) is 14.1. The number of carbonyl (C=O) groups is 2. The van der Waals surface area contributed by atoms with Gasteiger partial charge in [0.1, 0.15) is 17.6 Å². The van der Waals surface area contributed by atoms with Gasteiger partial charge in [-0.1, -0.05) is 27.2 Å². The van der Waals surface area contributed by atoms with Gasteiger partial charge in [0.2, 0.25) is 6.29 Å². The van der Waals surface area contributed by atoms with Crippen LogP contribution in [0.25, 0.3) is 0 Å². The van der Waals surface area contributed by atoms with Crippen LogP contribution in [0.4, 0.5) is 4.79 Å². The highest BCUT2D eigenvalue weighted by atomic mass is 16.7. The van der Waals surface area contributed by atoms with Crippen LogP contribution in [-0.4, -0.2) is 36.7 Å². The first kappa shape index (κ1) is 22.4. The zero-order valence-corrected chi connectivity index (χ0v) is 18.3. The summed E-state index contributed by atoms with van der Waals surface area (Å²) in [4.78, 5) is 24.3. The molecule has 1 aromatic carbocycles. The third-order valence-corrected chi connectivity index (χ3v) is 6.50. The van der Waals surface area contributed by atoms with E-state index in [-0.39, 0.29) is 18.3 Å². The Kier molecular flexibility index (Phi) is 6.60. The molecule has 30 heavy (non-hydrogen) atoms. The smallest absolute Gasteiger partial charge is 0.469 e. The largest absolute Gasteiger partial charge is 0.514 e. The molecule has 2 aliphatic rings. The Morgan fingerprint density at radius 3 is 2.70 bits per heavy atom. The van der Waals surface area contributed by atoms with Gasteiger partial charge in [0.05, 0.1) is 18.9 Å². The van der Waals surface area contributed by atoms with E-state index in [0.717, 1.165) is 19.3 Å². The summed E-state index contributed by atoms with van der Waals surface area (Å²) in [5.74, 6) is 1.50. The molecule has 0 saturated heterocycles. The molecule has 1 N–H and O–H groups in total. The molecule has 1 aromatic rings. The lowest BCUT2D eigenvalue weighted by Crippen LogP contribution is -2.37. The van der Waals surface area contributed by atoms with Crippen molar-refractivity contribution in [3.63, 3.8) is 0 Å². The minimum atomic E-state index is -1.20. The van der Waals surface area contributed by atoms with Gasteiger partial charge in [-0.15, -0.1) is 0 Å². The van der Waals surface area contributed by atoms with Crippen LogP contribution in [0.1, 0.15) is 58.9 Å². The number of hydrogen-bond acceptors (Lipinski definition) is 7. The van der Waals surface area contributed by atoms with Crippen LogP contribution in [0.15, 0.2) is 18.2 Å². The molecule has 1 heterocycles. The molecule has 3 rings (SSSR count). The van der Waals surface area contributed by atoms with Crippen molar-refractivity contribution in [2.45, 2.75) is 71.2 Å². The molecule has 0 spiro atoms. The Labute approximate surface area is 177 Å². The summed E-state index contributed by atoms with van der Waals surface area (Å²) < 4.78 is 21.4. The fourth-order valence-corrected chi connectivity index (χ4v) is 4.55. The Balaban J connectivity index is 1.73. The third kappa shape index (κ3) is 4.56. The maximum Gasteiger partial charge on any atom is 0.514 e. The number of fused-ring (bicyclic) bond motifs is 1. The van der Waals surface area contributed by atoms with Crippen molar-refractivity contribution in [3.8, 4) is 11.5 Å². The summed E-state index contributed by atoms with van der Waals surface area (Å²) in [5, 5.41) is 10.3. The molecule has 7 heteroatoms. The van der Waals surface area contributed by atoms with Crippen LogP contribution in [0.5, 0.6) is 11.5 Å². The predicted molar refractivity (Wildman–Crippen MR) is 109 cm³/mol.